The molecular formula is C14H20F2O. The lowest BCUT2D eigenvalue weighted by atomic mass is 9.78. The molecule has 0 fully saturated rings. The minimum atomic E-state index is -0.825. The molecule has 1 rings (SSSR count). The van der Waals surface area contributed by atoms with Gasteiger partial charge in [0, 0.05) is 6.07 Å². The van der Waals surface area contributed by atoms with Gasteiger partial charge in [0.1, 0.15) is 11.6 Å². The molecule has 0 bridgehead atoms. The van der Waals surface area contributed by atoms with E-state index in [4.69, 9.17) is 0 Å². The highest BCUT2D eigenvalue weighted by Crippen LogP contribution is 2.33. The highest BCUT2D eigenvalue weighted by Gasteiger charge is 2.23. The van der Waals surface area contributed by atoms with E-state index in [0.717, 1.165) is 6.07 Å². The van der Waals surface area contributed by atoms with Gasteiger partial charge >= 0.3 is 0 Å². The summed E-state index contributed by atoms with van der Waals surface area (Å²) in [4.78, 5) is 0. The molecule has 1 nitrogen and oxygen atoms in total. The van der Waals surface area contributed by atoms with Crippen molar-refractivity contribution in [3.05, 3.63) is 35.4 Å². The van der Waals surface area contributed by atoms with Gasteiger partial charge in [-0.2, -0.15) is 0 Å². The third-order valence-electron chi connectivity index (χ3n) is 3.32. The molecule has 17 heavy (non-hydrogen) atoms. The summed E-state index contributed by atoms with van der Waals surface area (Å²) in [5, 5.41) is 9.97. The second kappa shape index (κ2) is 5.13. The maximum absolute atomic E-state index is 13.0. The molecule has 1 aromatic rings. The Morgan fingerprint density at radius 1 is 1.12 bits per heavy atom. The van der Waals surface area contributed by atoms with E-state index in [1.165, 1.54) is 12.1 Å². The Hall–Kier alpha value is -0.960. The smallest absolute Gasteiger partial charge is 0.126 e. The molecule has 0 radical (unpaired) electrons. The number of rotatable bonds is 3. The maximum atomic E-state index is 13.0. The van der Waals surface area contributed by atoms with Crippen LogP contribution in [-0.4, -0.2) is 5.11 Å². The predicted molar refractivity (Wildman–Crippen MR) is 64.6 cm³/mol. The minimum absolute atomic E-state index is 0.0624. The molecule has 0 spiro atoms. The highest BCUT2D eigenvalue weighted by molar-refractivity contribution is 5.20. The summed E-state index contributed by atoms with van der Waals surface area (Å²) >= 11 is 0. The van der Waals surface area contributed by atoms with Crippen LogP contribution in [0, 0.1) is 23.0 Å². The van der Waals surface area contributed by atoms with Crippen molar-refractivity contribution in [2.45, 2.75) is 40.2 Å². The van der Waals surface area contributed by atoms with Gasteiger partial charge in [0.15, 0.2) is 0 Å². The molecule has 3 heteroatoms. The molecule has 96 valence electrons. The lowest BCUT2D eigenvalue weighted by Gasteiger charge is -2.29. The fourth-order valence-electron chi connectivity index (χ4n) is 1.59. The van der Waals surface area contributed by atoms with Crippen LogP contribution in [0.15, 0.2) is 18.2 Å². The summed E-state index contributed by atoms with van der Waals surface area (Å²) in [5.74, 6) is -1.05. The van der Waals surface area contributed by atoms with Gasteiger partial charge < -0.3 is 5.11 Å². The number of aliphatic hydroxyl groups is 1. The maximum Gasteiger partial charge on any atom is 0.126 e. The minimum Gasteiger partial charge on any atom is -0.388 e. The lowest BCUT2D eigenvalue weighted by molar-refractivity contribution is 0.110. The molecule has 2 atom stereocenters. The second-order valence-electron chi connectivity index (χ2n) is 5.72. The molecule has 0 aliphatic rings. The first-order valence-electron chi connectivity index (χ1n) is 5.84. The van der Waals surface area contributed by atoms with Gasteiger partial charge in [0.25, 0.3) is 0 Å². The van der Waals surface area contributed by atoms with E-state index in [9.17, 15) is 13.9 Å². The fourth-order valence-corrected chi connectivity index (χ4v) is 1.59. The predicted octanol–water partition coefficient (Wildman–Crippen LogP) is 4.07. The van der Waals surface area contributed by atoms with Crippen molar-refractivity contribution in [2.75, 3.05) is 0 Å². The number of benzene rings is 1. The summed E-state index contributed by atoms with van der Waals surface area (Å²) in [6, 6.07) is 3.18. The number of halogens is 2. The van der Waals surface area contributed by atoms with Crippen LogP contribution in [0.1, 0.15) is 45.8 Å². The van der Waals surface area contributed by atoms with E-state index >= 15 is 0 Å². The van der Waals surface area contributed by atoms with Crippen molar-refractivity contribution in [1.29, 1.82) is 0 Å². The standard InChI is InChI=1S/C14H20F2O/c1-9(14(2,3)4)5-13(17)10-6-11(15)8-12(16)7-10/h6-9,13,17H,5H2,1-4H3. The zero-order valence-electron chi connectivity index (χ0n) is 10.8. The van der Waals surface area contributed by atoms with Gasteiger partial charge in [-0.15, -0.1) is 0 Å². The van der Waals surface area contributed by atoms with Crippen molar-refractivity contribution < 1.29 is 13.9 Å². The Bertz CT molecular complexity index is 362. The van der Waals surface area contributed by atoms with Crippen LogP contribution in [0.2, 0.25) is 0 Å². The SMILES string of the molecule is CC(CC(O)c1cc(F)cc(F)c1)C(C)(C)C. The van der Waals surface area contributed by atoms with E-state index in [-0.39, 0.29) is 11.3 Å². The molecule has 0 amide bonds. The van der Waals surface area contributed by atoms with Crippen LogP contribution in [0.4, 0.5) is 8.78 Å². The van der Waals surface area contributed by atoms with Crippen LogP contribution < -0.4 is 0 Å². The number of hydrogen-bond donors (Lipinski definition) is 1. The zero-order valence-corrected chi connectivity index (χ0v) is 10.8. The quantitative estimate of drug-likeness (QED) is 0.847. The van der Waals surface area contributed by atoms with Crippen molar-refractivity contribution in [2.24, 2.45) is 11.3 Å². The normalized spacial score (nSPS) is 15.7. The van der Waals surface area contributed by atoms with Gasteiger partial charge in [0.05, 0.1) is 6.10 Å². The van der Waals surface area contributed by atoms with Gasteiger partial charge in [-0.3, -0.25) is 0 Å². The van der Waals surface area contributed by atoms with Crippen LogP contribution >= 0.6 is 0 Å². The summed E-state index contributed by atoms with van der Waals surface area (Å²) in [7, 11) is 0. The van der Waals surface area contributed by atoms with Gasteiger partial charge in [-0.25, -0.2) is 8.78 Å². The van der Waals surface area contributed by atoms with E-state index in [0.29, 0.717) is 12.0 Å². The van der Waals surface area contributed by atoms with Gasteiger partial charge in [-0.05, 0) is 35.4 Å². The van der Waals surface area contributed by atoms with E-state index < -0.39 is 17.7 Å². The van der Waals surface area contributed by atoms with Gasteiger partial charge in [0.2, 0.25) is 0 Å². The van der Waals surface area contributed by atoms with Crippen molar-refractivity contribution in [1.82, 2.24) is 0 Å². The van der Waals surface area contributed by atoms with Crippen LogP contribution in [0.25, 0.3) is 0 Å². The summed E-state index contributed by atoms with van der Waals surface area (Å²) in [5.41, 5.74) is 0.367. The molecule has 1 aromatic carbocycles. The van der Waals surface area contributed by atoms with E-state index in [1.807, 2.05) is 6.92 Å². The lowest BCUT2D eigenvalue weighted by Crippen LogP contribution is -2.19. The first kappa shape index (κ1) is 14.1. The Morgan fingerprint density at radius 2 is 1.59 bits per heavy atom. The molecule has 0 saturated heterocycles. The Morgan fingerprint density at radius 3 is 2.00 bits per heavy atom. The molecule has 0 aromatic heterocycles. The van der Waals surface area contributed by atoms with E-state index in [2.05, 4.69) is 20.8 Å². The fraction of sp³-hybridized carbons (Fsp3) is 0.571. The first-order valence-corrected chi connectivity index (χ1v) is 5.84. The second-order valence-corrected chi connectivity index (χ2v) is 5.72. The average molecular weight is 242 g/mol. The van der Waals surface area contributed by atoms with Crippen LogP contribution in [0.5, 0.6) is 0 Å². The molecule has 1 N–H and O–H groups in total. The van der Waals surface area contributed by atoms with Crippen molar-refractivity contribution in [3.8, 4) is 0 Å². The third-order valence-corrected chi connectivity index (χ3v) is 3.32. The van der Waals surface area contributed by atoms with Crippen LogP contribution in [0.3, 0.4) is 0 Å². The topological polar surface area (TPSA) is 20.2 Å². The highest BCUT2D eigenvalue weighted by atomic mass is 19.1. The van der Waals surface area contributed by atoms with Crippen LogP contribution in [-0.2, 0) is 0 Å². The monoisotopic (exact) mass is 242 g/mol. The average Bonchev–Trinajstić information content (AvgIpc) is 2.14. The Labute approximate surface area is 101 Å². The summed E-state index contributed by atoms with van der Waals surface area (Å²) in [6.07, 6.45) is -0.332. The zero-order chi connectivity index (χ0) is 13.2. The summed E-state index contributed by atoms with van der Waals surface area (Å²) in [6.45, 7) is 8.27. The molecule has 0 saturated carbocycles. The van der Waals surface area contributed by atoms with Crippen molar-refractivity contribution >= 4 is 0 Å². The van der Waals surface area contributed by atoms with Crippen molar-refractivity contribution in [3.63, 3.8) is 0 Å². The number of hydrogen-bond acceptors (Lipinski definition) is 1. The molecule has 2 unspecified atom stereocenters. The Kier molecular flexibility index (Phi) is 4.26. The first-order chi connectivity index (χ1) is 7.70. The van der Waals surface area contributed by atoms with Gasteiger partial charge in [-0.1, -0.05) is 27.7 Å². The molecular weight excluding hydrogens is 222 g/mol. The summed E-state index contributed by atoms with van der Waals surface area (Å²) < 4.78 is 26.0. The molecule has 0 heterocycles. The third kappa shape index (κ3) is 4.08. The Balaban J connectivity index is 2.79. The molecule has 0 aliphatic heterocycles. The van der Waals surface area contributed by atoms with E-state index in [1.54, 1.807) is 0 Å². The largest absolute Gasteiger partial charge is 0.388 e. The number of aliphatic hydroxyl groups excluding tert-OH is 1. The molecule has 0 aliphatic carbocycles.